The van der Waals surface area contributed by atoms with E-state index in [0.717, 1.165) is 23.5 Å². The standard InChI is InChI=1S/C9H4ClF2N3OS/c10-5-2-7(12)6(11)1-4(5)8(16)14-9-15-13-3-17-9/h1-3H,(H,14,15,16). The molecule has 0 radical (unpaired) electrons. The van der Waals surface area contributed by atoms with Gasteiger partial charge in [0.15, 0.2) is 11.6 Å². The molecule has 0 saturated carbocycles. The van der Waals surface area contributed by atoms with Gasteiger partial charge in [0.05, 0.1) is 10.6 Å². The van der Waals surface area contributed by atoms with E-state index in [4.69, 9.17) is 11.6 Å². The summed E-state index contributed by atoms with van der Waals surface area (Å²) in [6.45, 7) is 0. The fraction of sp³-hybridized carbons (Fsp3) is 0. The second-order valence-electron chi connectivity index (χ2n) is 2.94. The summed E-state index contributed by atoms with van der Waals surface area (Å²) in [5.74, 6) is -2.93. The van der Waals surface area contributed by atoms with Crippen LogP contribution in [0, 0.1) is 11.6 Å². The highest BCUT2D eigenvalue weighted by Gasteiger charge is 2.15. The lowest BCUT2D eigenvalue weighted by molar-refractivity contribution is 0.102. The van der Waals surface area contributed by atoms with Gasteiger partial charge in [-0.1, -0.05) is 22.9 Å². The Morgan fingerprint density at radius 2 is 2.06 bits per heavy atom. The van der Waals surface area contributed by atoms with Crippen molar-refractivity contribution in [3.8, 4) is 0 Å². The van der Waals surface area contributed by atoms with Crippen molar-refractivity contribution in [3.05, 3.63) is 39.9 Å². The maximum atomic E-state index is 13.0. The Labute approximate surface area is 103 Å². The van der Waals surface area contributed by atoms with E-state index in [-0.39, 0.29) is 15.7 Å². The van der Waals surface area contributed by atoms with Gasteiger partial charge >= 0.3 is 0 Å². The van der Waals surface area contributed by atoms with Crippen molar-refractivity contribution < 1.29 is 13.6 Å². The van der Waals surface area contributed by atoms with Crippen LogP contribution in [0.2, 0.25) is 5.02 Å². The van der Waals surface area contributed by atoms with Gasteiger partial charge in [-0.3, -0.25) is 10.1 Å². The third kappa shape index (κ3) is 2.56. The van der Waals surface area contributed by atoms with E-state index < -0.39 is 17.5 Å². The number of hydrogen-bond acceptors (Lipinski definition) is 4. The molecule has 0 aliphatic carbocycles. The lowest BCUT2D eigenvalue weighted by atomic mass is 10.2. The molecule has 0 fully saturated rings. The van der Waals surface area contributed by atoms with Crippen molar-refractivity contribution in [3.63, 3.8) is 0 Å². The number of carbonyl (C=O) groups excluding carboxylic acids is 1. The summed E-state index contributed by atoms with van der Waals surface area (Å²) in [7, 11) is 0. The summed E-state index contributed by atoms with van der Waals surface area (Å²) < 4.78 is 25.7. The molecular weight excluding hydrogens is 272 g/mol. The minimum Gasteiger partial charge on any atom is -0.296 e. The van der Waals surface area contributed by atoms with Gasteiger partial charge in [0.1, 0.15) is 5.51 Å². The Morgan fingerprint density at radius 3 is 2.71 bits per heavy atom. The second-order valence-corrected chi connectivity index (χ2v) is 4.18. The molecule has 1 amide bonds. The van der Waals surface area contributed by atoms with Gasteiger partial charge in [-0.2, -0.15) is 0 Å². The molecule has 1 aromatic carbocycles. The van der Waals surface area contributed by atoms with Crippen LogP contribution < -0.4 is 5.32 Å². The van der Waals surface area contributed by atoms with Crippen molar-refractivity contribution in [2.75, 3.05) is 5.32 Å². The molecule has 0 aliphatic rings. The van der Waals surface area contributed by atoms with Crippen LogP contribution in [0.25, 0.3) is 0 Å². The monoisotopic (exact) mass is 275 g/mol. The molecule has 0 atom stereocenters. The van der Waals surface area contributed by atoms with E-state index in [2.05, 4.69) is 15.5 Å². The van der Waals surface area contributed by atoms with E-state index in [9.17, 15) is 13.6 Å². The number of anilines is 1. The van der Waals surface area contributed by atoms with Gasteiger partial charge in [0.25, 0.3) is 5.91 Å². The van der Waals surface area contributed by atoms with Crippen LogP contribution >= 0.6 is 22.9 Å². The van der Waals surface area contributed by atoms with E-state index in [1.54, 1.807) is 0 Å². The summed E-state index contributed by atoms with van der Waals surface area (Å²) in [5, 5.41) is 9.52. The van der Waals surface area contributed by atoms with Crippen molar-refractivity contribution in [1.82, 2.24) is 10.2 Å². The van der Waals surface area contributed by atoms with Crippen LogP contribution in [0.3, 0.4) is 0 Å². The molecule has 1 N–H and O–H groups in total. The minimum absolute atomic E-state index is 0.166. The molecule has 17 heavy (non-hydrogen) atoms. The van der Waals surface area contributed by atoms with Gasteiger partial charge in [-0.25, -0.2) is 8.78 Å². The van der Waals surface area contributed by atoms with Crippen LogP contribution in [0.5, 0.6) is 0 Å². The Balaban J connectivity index is 2.28. The first-order valence-corrected chi connectivity index (χ1v) is 5.56. The van der Waals surface area contributed by atoms with Gasteiger partial charge in [-0.05, 0) is 12.1 Å². The van der Waals surface area contributed by atoms with Gasteiger partial charge in [-0.15, -0.1) is 10.2 Å². The quantitative estimate of drug-likeness (QED) is 0.858. The fourth-order valence-electron chi connectivity index (χ4n) is 1.09. The second kappa shape index (κ2) is 4.72. The number of rotatable bonds is 2. The van der Waals surface area contributed by atoms with E-state index >= 15 is 0 Å². The van der Waals surface area contributed by atoms with Crippen molar-refractivity contribution in [1.29, 1.82) is 0 Å². The van der Waals surface area contributed by atoms with E-state index in [0.29, 0.717) is 0 Å². The maximum Gasteiger partial charge on any atom is 0.259 e. The number of carbonyl (C=O) groups is 1. The summed E-state index contributed by atoms with van der Waals surface area (Å²) >= 11 is 6.73. The average Bonchev–Trinajstić information content (AvgIpc) is 2.76. The third-order valence-electron chi connectivity index (χ3n) is 1.84. The lowest BCUT2D eigenvalue weighted by Crippen LogP contribution is -2.13. The first-order valence-electron chi connectivity index (χ1n) is 4.30. The van der Waals surface area contributed by atoms with E-state index in [1.807, 2.05) is 0 Å². The molecular formula is C9H4ClF2N3OS. The summed E-state index contributed by atoms with van der Waals surface area (Å²) in [5.41, 5.74) is 1.25. The maximum absolute atomic E-state index is 13.0. The first-order chi connectivity index (χ1) is 8.08. The van der Waals surface area contributed by atoms with Crippen molar-refractivity contribution >= 4 is 34.0 Å². The molecule has 1 heterocycles. The van der Waals surface area contributed by atoms with Gasteiger partial charge < -0.3 is 0 Å². The normalized spacial score (nSPS) is 10.3. The third-order valence-corrected chi connectivity index (χ3v) is 2.75. The highest BCUT2D eigenvalue weighted by Crippen LogP contribution is 2.21. The Bertz CT molecular complexity index is 562. The highest BCUT2D eigenvalue weighted by molar-refractivity contribution is 7.13. The highest BCUT2D eigenvalue weighted by atomic mass is 35.5. The summed E-state index contributed by atoms with van der Waals surface area (Å²) in [4.78, 5) is 11.7. The predicted molar refractivity (Wildman–Crippen MR) is 59.2 cm³/mol. The molecule has 88 valence electrons. The number of aromatic nitrogens is 2. The lowest BCUT2D eigenvalue weighted by Gasteiger charge is -2.04. The van der Waals surface area contributed by atoms with Gasteiger partial charge in [0, 0.05) is 0 Å². The zero-order valence-corrected chi connectivity index (χ0v) is 9.65. The Kier molecular flexibility index (Phi) is 3.30. The van der Waals surface area contributed by atoms with Crippen LogP contribution in [-0.4, -0.2) is 16.1 Å². The molecule has 0 saturated heterocycles. The molecule has 2 rings (SSSR count). The fourth-order valence-corrected chi connectivity index (χ4v) is 1.76. The van der Waals surface area contributed by atoms with Gasteiger partial charge in [0.2, 0.25) is 5.13 Å². The minimum atomic E-state index is -1.14. The van der Waals surface area contributed by atoms with E-state index in [1.165, 1.54) is 5.51 Å². The number of nitrogens with zero attached hydrogens (tertiary/aromatic N) is 2. The molecule has 1 aromatic heterocycles. The number of halogens is 3. The summed E-state index contributed by atoms with van der Waals surface area (Å²) in [6, 6.07) is 1.47. The smallest absolute Gasteiger partial charge is 0.259 e. The SMILES string of the molecule is O=C(Nc1nncs1)c1cc(F)c(F)cc1Cl. The Hall–Kier alpha value is -1.60. The first kappa shape index (κ1) is 11.9. The van der Waals surface area contributed by atoms with Crippen LogP contribution in [0.15, 0.2) is 17.6 Å². The number of amides is 1. The molecule has 0 spiro atoms. The zero-order valence-electron chi connectivity index (χ0n) is 8.08. The average molecular weight is 276 g/mol. The van der Waals surface area contributed by atoms with Crippen molar-refractivity contribution in [2.24, 2.45) is 0 Å². The molecule has 0 aliphatic heterocycles. The number of hydrogen-bond donors (Lipinski definition) is 1. The number of benzene rings is 1. The van der Waals surface area contributed by atoms with Crippen LogP contribution in [0.1, 0.15) is 10.4 Å². The topological polar surface area (TPSA) is 54.9 Å². The molecule has 8 heteroatoms. The zero-order chi connectivity index (χ0) is 12.4. The van der Waals surface area contributed by atoms with Crippen LogP contribution in [-0.2, 0) is 0 Å². The molecule has 2 aromatic rings. The summed E-state index contributed by atoms with van der Waals surface area (Å²) in [6.07, 6.45) is 0. The Morgan fingerprint density at radius 1 is 1.35 bits per heavy atom. The predicted octanol–water partition coefficient (Wildman–Crippen LogP) is 2.72. The molecule has 4 nitrogen and oxygen atoms in total. The van der Waals surface area contributed by atoms with Crippen LogP contribution in [0.4, 0.5) is 13.9 Å². The molecule has 0 bridgehead atoms. The largest absolute Gasteiger partial charge is 0.296 e. The van der Waals surface area contributed by atoms with Crippen molar-refractivity contribution in [2.45, 2.75) is 0 Å². The number of nitrogens with one attached hydrogen (secondary N) is 1. The molecule has 0 unspecified atom stereocenters.